The monoisotopic (exact) mass is 538 g/mol. The van der Waals surface area contributed by atoms with Crippen LogP contribution in [0.3, 0.4) is 0 Å². The maximum atomic E-state index is 12.3. The van der Waals surface area contributed by atoms with Gasteiger partial charge in [-0.25, -0.2) is 0 Å². The highest BCUT2D eigenvalue weighted by Gasteiger charge is 2.42. The highest BCUT2D eigenvalue weighted by Crippen LogP contribution is 2.49. The molecule has 1 heterocycles. The number of hydrogen-bond acceptors (Lipinski definition) is 6. The number of esters is 1. The molecule has 0 aliphatic carbocycles. The van der Waals surface area contributed by atoms with Crippen LogP contribution in [-0.4, -0.2) is 35.2 Å². The van der Waals surface area contributed by atoms with Crippen molar-refractivity contribution < 1.29 is 29.3 Å². The number of carbonyl (C=O) groups excluding carboxylic acids is 2. The van der Waals surface area contributed by atoms with Crippen molar-refractivity contribution >= 4 is 11.8 Å². The second-order valence-electron chi connectivity index (χ2n) is 11.1. The first kappa shape index (κ1) is 30.5. The SMILES string of the molecule is CCCC(=O)C(CCCCCCCCCC1c2ccc(O)cc2OCC1(C)c1ccc(O)cc1)C(=O)OCC. The van der Waals surface area contributed by atoms with E-state index in [1.807, 2.05) is 25.1 Å². The topological polar surface area (TPSA) is 93.1 Å². The smallest absolute Gasteiger partial charge is 0.316 e. The van der Waals surface area contributed by atoms with Crippen LogP contribution in [0.25, 0.3) is 0 Å². The molecule has 1 aliphatic rings. The van der Waals surface area contributed by atoms with Crippen LogP contribution in [0.15, 0.2) is 42.5 Å². The summed E-state index contributed by atoms with van der Waals surface area (Å²) < 4.78 is 11.2. The first-order valence-corrected chi connectivity index (χ1v) is 14.7. The van der Waals surface area contributed by atoms with Gasteiger partial charge in [0.05, 0.1) is 13.2 Å². The Morgan fingerprint density at radius 2 is 1.59 bits per heavy atom. The van der Waals surface area contributed by atoms with E-state index in [1.165, 1.54) is 0 Å². The van der Waals surface area contributed by atoms with E-state index in [0.29, 0.717) is 26.1 Å². The third kappa shape index (κ3) is 8.23. The summed E-state index contributed by atoms with van der Waals surface area (Å²) in [5.41, 5.74) is 2.04. The minimum atomic E-state index is -0.600. The molecule has 2 aromatic rings. The Balaban J connectivity index is 1.47. The van der Waals surface area contributed by atoms with Crippen LogP contribution < -0.4 is 4.74 Å². The van der Waals surface area contributed by atoms with Gasteiger partial charge in [0.2, 0.25) is 0 Å². The lowest BCUT2D eigenvalue weighted by molar-refractivity contribution is -0.151. The molecule has 3 rings (SSSR count). The molecule has 0 radical (unpaired) electrons. The van der Waals surface area contributed by atoms with Crippen LogP contribution in [0, 0.1) is 5.92 Å². The quantitative estimate of drug-likeness (QED) is 0.130. The zero-order valence-corrected chi connectivity index (χ0v) is 23.9. The van der Waals surface area contributed by atoms with E-state index in [0.717, 1.165) is 74.7 Å². The molecule has 214 valence electrons. The Morgan fingerprint density at radius 3 is 2.26 bits per heavy atom. The maximum Gasteiger partial charge on any atom is 0.316 e. The number of ketones is 1. The van der Waals surface area contributed by atoms with Crippen LogP contribution in [0.1, 0.15) is 108 Å². The highest BCUT2D eigenvalue weighted by atomic mass is 16.5. The Morgan fingerprint density at radius 1 is 0.949 bits per heavy atom. The normalized spacial score (nSPS) is 19.1. The van der Waals surface area contributed by atoms with Gasteiger partial charge in [-0.3, -0.25) is 9.59 Å². The van der Waals surface area contributed by atoms with Gasteiger partial charge in [-0.1, -0.05) is 77.0 Å². The standard InChI is InChI=1S/C33H46O6/c1-4-13-30(36)28(32(37)38-5-2)14-11-9-7-6-8-10-12-15-29-27-21-20-26(35)22-31(27)39-23-33(29,3)24-16-18-25(34)19-17-24/h16-22,28-29,34-35H,4-15,23H2,1-3H3. The predicted molar refractivity (Wildman–Crippen MR) is 153 cm³/mol. The van der Waals surface area contributed by atoms with Crippen LogP contribution in [0.2, 0.25) is 0 Å². The molecular formula is C33H46O6. The van der Waals surface area contributed by atoms with Crippen molar-refractivity contribution in [3.8, 4) is 17.2 Å². The number of rotatable bonds is 16. The van der Waals surface area contributed by atoms with Crippen LogP contribution in [0.4, 0.5) is 0 Å². The number of ether oxygens (including phenoxy) is 2. The number of fused-ring (bicyclic) bond motifs is 1. The van der Waals surface area contributed by atoms with Crippen molar-refractivity contribution in [3.05, 3.63) is 53.6 Å². The predicted octanol–water partition coefficient (Wildman–Crippen LogP) is 7.59. The first-order valence-electron chi connectivity index (χ1n) is 14.7. The van der Waals surface area contributed by atoms with Gasteiger partial charge in [-0.15, -0.1) is 0 Å². The molecule has 39 heavy (non-hydrogen) atoms. The number of unbranched alkanes of at least 4 members (excludes halogenated alkanes) is 6. The van der Waals surface area contributed by atoms with Gasteiger partial charge in [-0.2, -0.15) is 0 Å². The highest BCUT2D eigenvalue weighted by molar-refractivity contribution is 5.98. The van der Waals surface area contributed by atoms with Gasteiger partial charge in [0.1, 0.15) is 28.9 Å². The van der Waals surface area contributed by atoms with Crippen LogP contribution in [0.5, 0.6) is 17.2 Å². The van der Waals surface area contributed by atoms with Gasteiger partial charge in [-0.05, 0) is 55.5 Å². The summed E-state index contributed by atoms with van der Waals surface area (Å²) in [6.45, 7) is 6.80. The van der Waals surface area contributed by atoms with E-state index in [9.17, 15) is 19.8 Å². The van der Waals surface area contributed by atoms with E-state index < -0.39 is 5.92 Å². The molecule has 6 nitrogen and oxygen atoms in total. The molecule has 3 atom stereocenters. The Kier molecular flexibility index (Phi) is 11.7. The molecule has 3 unspecified atom stereocenters. The second kappa shape index (κ2) is 14.9. The average molecular weight is 539 g/mol. The van der Waals surface area contributed by atoms with Crippen molar-refractivity contribution in [2.24, 2.45) is 5.92 Å². The van der Waals surface area contributed by atoms with Gasteiger partial charge >= 0.3 is 5.97 Å². The van der Waals surface area contributed by atoms with Crippen molar-refractivity contribution in [2.75, 3.05) is 13.2 Å². The summed E-state index contributed by atoms with van der Waals surface area (Å²) >= 11 is 0. The van der Waals surface area contributed by atoms with Crippen LogP contribution >= 0.6 is 0 Å². The lowest BCUT2D eigenvalue weighted by atomic mass is 9.66. The van der Waals surface area contributed by atoms with Gasteiger partial charge in [0.25, 0.3) is 0 Å². The molecule has 0 saturated heterocycles. The molecule has 0 bridgehead atoms. The number of Topliss-reactive ketones (excluding diaryl/α,β-unsaturated/α-hetero) is 1. The molecule has 0 amide bonds. The number of phenolic OH excluding ortho intramolecular Hbond substituents is 2. The number of carbonyl (C=O) groups is 2. The number of aromatic hydroxyl groups is 2. The zero-order chi connectivity index (χ0) is 28.3. The molecule has 0 fully saturated rings. The van der Waals surface area contributed by atoms with E-state index in [2.05, 4.69) is 6.92 Å². The molecule has 1 aliphatic heterocycles. The molecule has 6 heteroatoms. The zero-order valence-electron chi connectivity index (χ0n) is 23.9. The van der Waals surface area contributed by atoms with Crippen molar-refractivity contribution in [2.45, 2.75) is 103 Å². The fourth-order valence-corrected chi connectivity index (χ4v) is 5.86. The molecular weight excluding hydrogens is 492 g/mol. The van der Waals surface area contributed by atoms with E-state index in [-0.39, 0.29) is 34.6 Å². The summed E-state index contributed by atoms with van der Waals surface area (Å²) in [5.74, 6) is 0.521. The van der Waals surface area contributed by atoms with E-state index in [1.54, 1.807) is 31.2 Å². The summed E-state index contributed by atoms with van der Waals surface area (Å²) in [6.07, 6.45) is 10.3. The molecule has 2 N–H and O–H groups in total. The second-order valence-corrected chi connectivity index (χ2v) is 11.1. The molecule has 0 saturated carbocycles. The van der Waals surface area contributed by atoms with Crippen molar-refractivity contribution in [3.63, 3.8) is 0 Å². The largest absolute Gasteiger partial charge is 0.508 e. The minimum Gasteiger partial charge on any atom is -0.508 e. The first-order chi connectivity index (χ1) is 18.8. The van der Waals surface area contributed by atoms with Crippen LogP contribution in [-0.2, 0) is 19.7 Å². The van der Waals surface area contributed by atoms with Gasteiger partial charge in [0, 0.05) is 23.8 Å². The average Bonchev–Trinajstić information content (AvgIpc) is 2.91. The fraction of sp³-hybridized carbons (Fsp3) is 0.576. The minimum absolute atomic E-state index is 0.0140. The molecule has 0 aromatic heterocycles. The fourth-order valence-electron chi connectivity index (χ4n) is 5.86. The summed E-state index contributed by atoms with van der Waals surface area (Å²) in [4.78, 5) is 24.5. The Labute approximate surface area is 233 Å². The van der Waals surface area contributed by atoms with Gasteiger partial charge in [0.15, 0.2) is 0 Å². The third-order valence-corrected chi connectivity index (χ3v) is 8.14. The number of benzene rings is 2. The summed E-state index contributed by atoms with van der Waals surface area (Å²) in [7, 11) is 0. The van der Waals surface area contributed by atoms with Crippen molar-refractivity contribution in [1.82, 2.24) is 0 Å². The van der Waals surface area contributed by atoms with E-state index in [4.69, 9.17) is 9.47 Å². The van der Waals surface area contributed by atoms with E-state index >= 15 is 0 Å². The number of phenols is 2. The lowest BCUT2D eigenvalue weighted by Gasteiger charge is -2.43. The molecule has 2 aromatic carbocycles. The maximum absolute atomic E-state index is 12.3. The Hall–Kier alpha value is -3.02. The van der Waals surface area contributed by atoms with Crippen molar-refractivity contribution in [1.29, 1.82) is 0 Å². The lowest BCUT2D eigenvalue weighted by Crippen LogP contribution is -2.40. The molecule has 0 spiro atoms. The van der Waals surface area contributed by atoms with Gasteiger partial charge < -0.3 is 19.7 Å². The number of hydrogen-bond donors (Lipinski definition) is 2. The third-order valence-electron chi connectivity index (χ3n) is 8.14. The summed E-state index contributed by atoms with van der Waals surface area (Å²) in [6, 6.07) is 12.9. The Bertz CT molecular complexity index is 1040. The summed E-state index contributed by atoms with van der Waals surface area (Å²) in [5, 5.41) is 19.8.